The van der Waals surface area contributed by atoms with Gasteiger partial charge in [-0.2, -0.15) is 0 Å². The molecule has 1 aliphatic carbocycles. The van der Waals surface area contributed by atoms with Crippen molar-refractivity contribution in [3.05, 3.63) is 142 Å². The van der Waals surface area contributed by atoms with E-state index in [-0.39, 0.29) is 12.0 Å². The quantitative estimate of drug-likeness (QED) is 0.177. The van der Waals surface area contributed by atoms with Crippen molar-refractivity contribution < 1.29 is 9.53 Å². The maximum absolute atomic E-state index is 13.0. The number of fused-ring (bicyclic) bond motifs is 2. The van der Waals surface area contributed by atoms with Crippen molar-refractivity contribution in [2.75, 3.05) is 13.1 Å². The number of benzene rings is 3. The van der Waals surface area contributed by atoms with E-state index in [1.165, 1.54) is 28.5 Å². The molecule has 1 fully saturated rings. The van der Waals surface area contributed by atoms with Crippen molar-refractivity contribution in [1.82, 2.24) is 9.88 Å². The molecule has 0 saturated carbocycles. The molecule has 1 saturated heterocycles. The summed E-state index contributed by atoms with van der Waals surface area (Å²) in [6.07, 6.45) is 8.11. The van der Waals surface area contributed by atoms with Crippen LogP contribution in [0.5, 0.6) is 5.75 Å². The summed E-state index contributed by atoms with van der Waals surface area (Å²) in [7, 11) is 0. The van der Waals surface area contributed by atoms with Gasteiger partial charge in [0.1, 0.15) is 10.2 Å². The lowest BCUT2D eigenvalue weighted by molar-refractivity contribution is 0.0655. The number of nitrogens with zero attached hydrogens (tertiary/aromatic N) is 2. The minimum atomic E-state index is -0.440. The van der Waals surface area contributed by atoms with Gasteiger partial charge in [-0.25, -0.2) is 4.79 Å². The second-order valence-corrected chi connectivity index (χ2v) is 11.5. The maximum atomic E-state index is 13.0. The lowest BCUT2D eigenvalue weighted by Crippen LogP contribution is -2.57. The van der Waals surface area contributed by atoms with Gasteiger partial charge in [-0.3, -0.25) is 9.88 Å². The maximum Gasteiger partial charge on any atom is 0.345 e. The van der Waals surface area contributed by atoms with E-state index < -0.39 is 11.4 Å². The van der Waals surface area contributed by atoms with Crippen molar-refractivity contribution in [2.45, 2.75) is 30.7 Å². The largest absolute Gasteiger partial charge is 0.423 e. The third kappa shape index (κ3) is 4.96. The van der Waals surface area contributed by atoms with Crippen molar-refractivity contribution in [1.29, 1.82) is 0 Å². The van der Waals surface area contributed by atoms with Crippen LogP contribution in [-0.2, 0) is 11.8 Å². The zero-order valence-electron chi connectivity index (χ0n) is 22.0. The van der Waals surface area contributed by atoms with Crippen molar-refractivity contribution in [3.63, 3.8) is 0 Å². The molecule has 202 valence electrons. The van der Waals surface area contributed by atoms with Gasteiger partial charge in [0.05, 0.1) is 5.56 Å². The highest BCUT2D eigenvalue weighted by atomic mass is 35.5. The molecular formula is C34H30Cl2N2O2. The van der Waals surface area contributed by atoms with Crippen LogP contribution in [0.15, 0.2) is 114 Å². The fraction of sp³-hybridized carbons (Fsp3) is 0.235. The monoisotopic (exact) mass is 568 g/mol. The van der Waals surface area contributed by atoms with Crippen LogP contribution in [0.2, 0.25) is 0 Å². The second-order valence-electron chi connectivity index (χ2n) is 10.5. The molecule has 6 rings (SSSR count). The summed E-state index contributed by atoms with van der Waals surface area (Å²) >= 11 is 12.1. The SMILES string of the molecule is O=C(Oc1ccc2c(c1)C(c1ccccc1)(c1ccccc1)C1CCCN(CC=C(Cl)Cl)C1C2)c1cccnc1. The second kappa shape index (κ2) is 11.6. The average molecular weight is 570 g/mol. The van der Waals surface area contributed by atoms with Gasteiger partial charge in [0, 0.05) is 30.4 Å². The molecule has 1 aliphatic heterocycles. The molecule has 4 nitrogen and oxygen atoms in total. The van der Waals surface area contributed by atoms with E-state index >= 15 is 0 Å². The Hall–Kier alpha value is -3.44. The highest BCUT2D eigenvalue weighted by molar-refractivity contribution is 6.55. The lowest BCUT2D eigenvalue weighted by Gasteiger charge is -2.55. The van der Waals surface area contributed by atoms with Crippen LogP contribution in [0.4, 0.5) is 0 Å². The number of piperidine rings is 1. The molecule has 4 aromatic rings. The van der Waals surface area contributed by atoms with Crippen molar-refractivity contribution >= 4 is 29.2 Å². The van der Waals surface area contributed by atoms with E-state index in [4.69, 9.17) is 27.9 Å². The number of halogens is 2. The van der Waals surface area contributed by atoms with Gasteiger partial charge in [-0.1, -0.05) is 89.9 Å². The van der Waals surface area contributed by atoms with Crippen LogP contribution in [0.1, 0.15) is 45.5 Å². The molecule has 0 N–H and O–H groups in total. The topological polar surface area (TPSA) is 42.4 Å². The third-order valence-electron chi connectivity index (χ3n) is 8.43. The van der Waals surface area contributed by atoms with Gasteiger partial charge in [0.2, 0.25) is 0 Å². The normalized spacial score (nSPS) is 19.6. The molecule has 0 amide bonds. The summed E-state index contributed by atoms with van der Waals surface area (Å²) in [5.74, 6) is 0.400. The van der Waals surface area contributed by atoms with Gasteiger partial charge in [-0.05, 0) is 84.3 Å². The molecule has 40 heavy (non-hydrogen) atoms. The van der Waals surface area contributed by atoms with E-state index in [0.717, 1.165) is 25.8 Å². The summed E-state index contributed by atoms with van der Waals surface area (Å²) in [4.78, 5) is 19.6. The first kappa shape index (κ1) is 26.8. The number of hydrogen-bond acceptors (Lipinski definition) is 4. The van der Waals surface area contributed by atoms with Crippen LogP contribution in [0.3, 0.4) is 0 Å². The van der Waals surface area contributed by atoms with Gasteiger partial charge in [0.25, 0.3) is 0 Å². The number of hydrogen-bond donors (Lipinski definition) is 0. The smallest absolute Gasteiger partial charge is 0.345 e. The fourth-order valence-corrected chi connectivity index (χ4v) is 7.00. The summed E-state index contributed by atoms with van der Waals surface area (Å²) < 4.78 is 6.23. The Morgan fingerprint density at radius 1 is 0.975 bits per heavy atom. The van der Waals surface area contributed by atoms with Crippen LogP contribution < -0.4 is 4.74 Å². The van der Waals surface area contributed by atoms with E-state index in [2.05, 4.69) is 82.7 Å². The predicted molar refractivity (Wildman–Crippen MR) is 160 cm³/mol. The summed E-state index contributed by atoms with van der Waals surface area (Å²) in [5, 5.41) is 0. The third-order valence-corrected chi connectivity index (χ3v) is 8.74. The molecule has 6 heteroatoms. The fourth-order valence-electron chi connectivity index (χ4n) is 6.86. The minimum absolute atomic E-state index is 0.283. The number of ether oxygens (including phenoxy) is 1. The Balaban J connectivity index is 1.54. The van der Waals surface area contributed by atoms with Crippen LogP contribution in [0, 0.1) is 5.92 Å². The van der Waals surface area contributed by atoms with Gasteiger partial charge >= 0.3 is 5.97 Å². The first-order valence-corrected chi connectivity index (χ1v) is 14.4. The zero-order valence-corrected chi connectivity index (χ0v) is 23.6. The molecule has 3 aromatic carbocycles. The van der Waals surface area contributed by atoms with E-state index in [1.54, 1.807) is 18.3 Å². The van der Waals surface area contributed by atoms with Crippen LogP contribution in [-0.4, -0.2) is 35.0 Å². The standard InChI is InChI=1S/C34H30Cl2N2O2/c35-32(36)17-20-38-19-8-14-29-31(38)21-24-15-16-28(40-33(39)25-9-7-18-37-23-25)22-30(24)34(29,26-10-3-1-4-11-26)27-12-5-2-6-13-27/h1-7,9-13,15-18,22-23,29,31H,8,14,19-21H2. The molecule has 0 spiro atoms. The highest BCUT2D eigenvalue weighted by Crippen LogP contribution is 2.55. The average Bonchev–Trinajstić information content (AvgIpc) is 3.00. The van der Waals surface area contributed by atoms with E-state index in [9.17, 15) is 4.79 Å². The number of likely N-dealkylation sites (tertiary alicyclic amines) is 1. The van der Waals surface area contributed by atoms with Gasteiger partial charge < -0.3 is 4.74 Å². The molecule has 2 atom stereocenters. The molecule has 2 heterocycles. The summed E-state index contributed by atoms with van der Waals surface area (Å²) in [6, 6.07) is 31.4. The van der Waals surface area contributed by atoms with Crippen LogP contribution in [0.25, 0.3) is 0 Å². The summed E-state index contributed by atoms with van der Waals surface area (Å²) in [5.41, 5.74) is 4.90. The zero-order chi connectivity index (χ0) is 27.5. The number of esters is 1. The van der Waals surface area contributed by atoms with E-state index in [0.29, 0.717) is 22.3 Å². The number of aromatic nitrogens is 1. The van der Waals surface area contributed by atoms with Crippen LogP contribution >= 0.6 is 23.2 Å². The molecule has 0 radical (unpaired) electrons. The van der Waals surface area contributed by atoms with E-state index in [1.807, 2.05) is 12.1 Å². The van der Waals surface area contributed by atoms with Crippen molar-refractivity contribution in [3.8, 4) is 5.75 Å². The number of carbonyl (C=O) groups is 1. The Kier molecular flexibility index (Phi) is 7.75. The lowest BCUT2D eigenvalue weighted by atomic mass is 9.53. The van der Waals surface area contributed by atoms with Gasteiger partial charge in [-0.15, -0.1) is 0 Å². The Morgan fingerprint density at radius 3 is 2.35 bits per heavy atom. The predicted octanol–water partition coefficient (Wildman–Crippen LogP) is 7.59. The Morgan fingerprint density at radius 2 is 1.70 bits per heavy atom. The summed E-state index contributed by atoms with van der Waals surface area (Å²) in [6.45, 7) is 1.70. The van der Waals surface area contributed by atoms with Crippen molar-refractivity contribution in [2.24, 2.45) is 5.92 Å². The number of rotatable bonds is 6. The highest BCUT2D eigenvalue weighted by Gasteiger charge is 2.53. The Labute approximate surface area is 245 Å². The molecule has 2 unspecified atom stereocenters. The number of carbonyl (C=O) groups excluding carboxylic acids is 1. The molecule has 1 aromatic heterocycles. The first-order valence-electron chi connectivity index (χ1n) is 13.7. The first-order chi connectivity index (χ1) is 19.6. The van der Waals surface area contributed by atoms with Gasteiger partial charge in [0.15, 0.2) is 0 Å². The minimum Gasteiger partial charge on any atom is -0.423 e. The molecule has 2 aliphatic rings. The molecule has 0 bridgehead atoms. The molecular weight excluding hydrogens is 539 g/mol. The number of pyridine rings is 1. The Bertz CT molecular complexity index is 1470.